The molecular weight excluding hydrogens is 372 g/mol. The van der Waals surface area contributed by atoms with Crippen molar-refractivity contribution in [2.75, 3.05) is 6.54 Å². The molecule has 1 aliphatic rings. The van der Waals surface area contributed by atoms with Crippen molar-refractivity contribution in [1.82, 2.24) is 10.0 Å². The summed E-state index contributed by atoms with van der Waals surface area (Å²) in [4.78, 5) is 12.7. The molecular formula is C22H28N2O3S. The Balaban J connectivity index is 1.54. The molecule has 28 heavy (non-hydrogen) atoms. The largest absolute Gasteiger partial charge is 0.349 e. The van der Waals surface area contributed by atoms with Crippen LogP contribution in [0, 0.1) is 0 Å². The molecule has 2 aromatic rings. The summed E-state index contributed by atoms with van der Waals surface area (Å²) in [6, 6.07) is 15.2. The van der Waals surface area contributed by atoms with E-state index < -0.39 is 10.0 Å². The van der Waals surface area contributed by atoms with Gasteiger partial charge in [0.15, 0.2) is 0 Å². The van der Waals surface area contributed by atoms with E-state index in [1.54, 1.807) is 24.3 Å². The van der Waals surface area contributed by atoms with Gasteiger partial charge in [-0.1, -0.05) is 43.3 Å². The van der Waals surface area contributed by atoms with E-state index in [1.807, 2.05) is 19.1 Å². The van der Waals surface area contributed by atoms with Gasteiger partial charge in [0, 0.05) is 13.0 Å². The topological polar surface area (TPSA) is 75.3 Å². The van der Waals surface area contributed by atoms with E-state index >= 15 is 0 Å². The fourth-order valence-electron chi connectivity index (χ4n) is 3.58. The summed E-state index contributed by atoms with van der Waals surface area (Å²) in [5.41, 5.74) is 3.51. The summed E-state index contributed by atoms with van der Waals surface area (Å²) in [7, 11) is -3.45. The second kappa shape index (κ2) is 9.34. The van der Waals surface area contributed by atoms with Gasteiger partial charge in [-0.3, -0.25) is 4.79 Å². The smallest absolute Gasteiger partial charge is 0.240 e. The Bertz CT molecular complexity index is 908. The lowest BCUT2D eigenvalue weighted by atomic mass is 9.87. The molecule has 0 heterocycles. The predicted molar refractivity (Wildman–Crippen MR) is 111 cm³/mol. The number of fused-ring (bicyclic) bond motifs is 1. The van der Waals surface area contributed by atoms with Gasteiger partial charge in [0.05, 0.1) is 10.9 Å². The highest BCUT2D eigenvalue weighted by Crippen LogP contribution is 2.29. The lowest BCUT2D eigenvalue weighted by molar-refractivity contribution is -0.121. The summed E-state index contributed by atoms with van der Waals surface area (Å²) in [6.45, 7) is 2.34. The first-order valence-corrected chi connectivity index (χ1v) is 11.4. The van der Waals surface area contributed by atoms with Crippen LogP contribution in [0.4, 0.5) is 0 Å². The number of hydrogen-bond donors (Lipinski definition) is 2. The van der Waals surface area contributed by atoms with Crippen LogP contribution in [0.3, 0.4) is 0 Å². The summed E-state index contributed by atoms with van der Waals surface area (Å²) in [6.07, 6.45) is 4.86. The second-order valence-electron chi connectivity index (χ2n) is 7.25. The Labute approximate surface area is 167 Å². The lowest BCUT2D eigenvalue weighted by Crippen LogP contribution is -2.31. The molecule has 5 nitrogen and oxygen atoms in total. The van der Waals surface area contributed by atoms with Gasteiger partial charge in [-0.2, -0.15) is 0 Å². The lowest BCUT2D eigenvalue weighted by Gasteiger charge is -2.26. The van der Waals surface area contributed by atoms with Crippen molar-refractivity contribution in [3.05, 3.63) is 65.2 Å². The van der Waals surface area contributed by atoms with Crippen molar-refractivity contribution < 1.29 is 13.2 Å². The van der Waals surface area contributed by atoms with Crippen LogP contribution in [0.1, 0.15) is 55.3 Å². The van der Waals surface area contributed by atoms with Gasteiger partial charge < -0.3 is 5.32 Å². The van der Waals surface area contributed by atoms with Crippen LogP contribution >= 0.6 is 0 Å². The molecule has 2 N–H and O–H groups in total. The zero-order chi connectivity index (χ0) is 20.0. The molecule has 1 aliphatic carbocycles. The van der Waals surface area contributed by atoms with E-state index in [4.69, 9.17) is 0 Å². The number of carbonyl (C=O) groups is 1. The van der Waals surface area contributed by atoms with E-state index in [1.165, 1.54) is 11.1 Å². The van der Waals surface area contributed by atoms with E-state index in [-0.39, 0.29) is 16.8 Å². The third-order valence-corrected chi connectivity index (χ3v) is 6.60. The van der Waals surface area contributed by atoms with Crippen molar-refractivity contribution in [2.45, 2.75) is 56.4 Å². The first-order chi connectivity index (χ1) is 13.5. The molecule has 0 spiro atoms. The summed E-state index contributed by atoms with van der Waals surface area (Å²) in [5, 5.41) is 3.16. The Hall–Kier alpha value is -2.18. The highest BCUT2D eigenvalue weighted by molar-refractivity contribution is 7.89. The standard InChI is InChI=1S/C22H28N2O3S/c1-2-16-23-28(26,27)19-13-10-17(11-14-19)12-15-22(25)24-21-9-5-7-18-6-3-4-8-20(18)21/h3-4,6,8,10-11,13-14,21,23H,2,5,7,9,12,15-16H2,1H3,(H,24,25)/t21-/m0/s1. The maximum absolute atomic E-state index is 12.4. The van der Waals surface area contributed by atoms with Crippen molar-refractivity contribution >= 4 is 15.9 Å². The molecule has 0 radical (unpaired) electrons. The molecule has 0 unspecified atom stereocenters. The minimum atomic E-state index is -3.45. The number of benzene rings is 2. The molecule has 6 heteroatoms. The minimum absolute atomic E-state index is 0.0306. The Kier molecular flexibility index (Phi) is 6.86. The Morgan fingerprint density at radius 1 is 1.11 bits per heavy atom. The molecule has 0 saturated heterocycles. The van der Waals surface area contributed by atoms with Crippen LogP contribution < -0.4 is 10.0 Å². The quantitative estimate of drug-likeness (QED) is 0.712. The number of amides is 1. The molecule has 150 valence electrons. The molecule has 3 rings (SSSR count). The maximum Gasteiger partial charge on any atom is 0.240 e. The SMILES string of the molecule is CCCNS(=O)(=O)c1ccc(CCC(=O)N[C@H]2CCCc3ccccc32)cc1. The van der Waals surface area contributed by atoms with E-state index in [9.17, 15) is 13.2 Å². The molecule has 1 atom stereocenters. The van der Waals surface area contributed by atoms with Gasteiger partial charge in [0.25, 0.3) is 0 Å². The molecule has 0 bridgehead atoms. The molecule has 0 fully saturated rings. The van der Waals surface area contributed by atoms with Crippen LogP contribution in [-0.2, 0) is 27.7 Å². The average molecular weight is 401 g/mol. The normalized spacial score (nSPS) is 16.4. The molecule has 0 aromatic heterocycles. The number of aryl methyl sites for hydroxylation is 2. The predicted octanol–water partition coefficient (Wildman–Crippen LogP) is 3.50. The van der Waals surface area contributed by atoms with Gasteiger partial charge in [-0.15, -0.1) is 0 Å². The fourth-order valence-corrected chi connectivity index (χ4v) is 4.72. The van der Waals surface area contributed by atoms with Gasteiger partial charge >= 0.3 is 0 Å². The van der Waals surface area contributed by atoms with Gasteiger partial charge in [-0.05, 0) is 60.9 Å². The van der Waals surface area contributed by atoms with Crippen LogP contribution in [0.15, 0.2) is 53.4 Å². The monoisotopic (exact) mass is 400 g/mol. The number of nitrogens with one attached hydrogen (secondary N) is 2. The van der Waals surface area contributed by atoms with Crippen LogP contribution in [0.2, 0.25) is 0 Å². The zero-order valence-electron chi connectivity index (χ0n) is 16.3. The third kappa shape index (κ3) is 5.20. The first-order valence-electron chi connectivity index (χ1n) is 9.95. The number of carbonyl (C=O) groups excluding carboxylic acids is 1. The number of hydrogen-bond acceptors (Lipinski definition) is 3. The van der Waals surface area contributed by atoms with Gasteiger partial charge in [0.1, 0.15) is 0 Å². The number of sulfonamides is 1. The van der Waals surface area contributed by atoms with E-state index in [0.717, 1.165) is 31.2 Å². The fraction of sp³-hybridized carbons (Fsp3) is 0.409. The summed E-state index contributed by atoms with van der Waals surface area (Å²) >= 11 is 0. The van der Waals surface area contributed by atoms with Crippen LogP contribution in [-0.4, -0.2) is 20.9 Å². The molecule has 0 aliphatic heterocycles. The van der Waals surface area contributed by atoms with Crippen molar-refractivity contribution in [3.8, 4) is 0 Å². The summed E-state index contributed by atoms with van der Waals surface area (Å²) in [5.74, 6) is 0.0306. The second-order valence-corrected chi connectivity index (χ2v) is 9.02. The van der Waals surface area contributed by atoms with Gasteiger partial charge in [-0.25, -0.2) is 13.1 Å². The molecule has 0 saturated carbocycles. The highest BCUT2D eigenvalue weighted by Gasteiger charge is 2.21. The van der Waals surface area contributed by atoms with E-state index in [0.29, 0.717) is 19.4 Å². The Morgan fingerprint density at radius 3 is 2.61 bits per heavy atom. The molecule has 1 amide bonds. The maximum atomic E-state index is 12.4. The van der Waals surface area contributed by atoms with E-state index in [2.05, 4.69) is 22.2 Å². The van der Waals surface area contributed by atoms with Crippen LogP contribution in [0.5, 0.6) is 0 Å². The van der Waals surface area contributed by atoms with Crippen molar-refractivity contribution in [2.24, 2.45) is 0 Å². The van der Waals surface area contributed by atoms with Crippen molar-refractivity contribution in [3.63, 3.8) is 0 Å². The average Bonchev–Trinajstić information content (AvgIpc) is 2.71. The van der Waals surface area contributed by atoms with Gasteiger partial charge in [0.2, 0.25) is 15.9 Å². The van der Waals surface area contributed by atoms with Crippen LogP contribution in [0.25, 0.3) is 0 Å². The molecule has 2 aromatic carbocycles. The Morgan fingerprint density at radius 2 is 1.86 bits per heavy atom. The number of rotatable bonds is 8. The van der Waals surface area contributed by atoms with Crippen molar-refractivity contribution in [1.29, 1.82) is 0 Å². The summed E-state index contributed by atoms with van der Waals surface area (Å²) < 4.78 is 26.8. The minimum Gasteiger partial charge on any atom is -0.349 e. The highest BCUT2D eigenvalue weighted by atomic mass is 32.2. The first kappa shape index (κ1) is 20.6. The zero-order valence-corrected chi connectivity index (χ0v) is 17.1. The third-order valence-electron chi connectivity index (χ3n) is 5.12.